The fourth-order valence-electron chi connectivity index (χ4n) is 5.98. The first-order chi connectivity index (χ1) is 18.4. The highest BCUT2D eigenvalue weighted by atomic mass is 32.1. The summed E-state index contributed by atoms with van der Waals surface area (Å²) < 4.78 is 8.18. The highest BCUT2D eigenvalue weighted by molar-refractivity contribution is 7.14. The summed E-state index contributed by atoms with van der Waals surface area (Å²) in [6.45, 7) is 8.50. The second-order valence-corrected chi connectivity index (χ2v) is 12.2. The van der Waals surface area contributed by atoms with Crippen LogP contribution in [0.25, 0.3) is 5.00 Å². The summed E-state index contributed by atoms with van der Waals surface area (Å²) in [4.78, 5) is 32.9. The van der Waals surface area contributed by atoms with Crippen molar-refractivity contribution in [2.75, 3.05) is 26.2 Å². The molecule has 0 radical (unpaired) electrons. The van der Waals surface area contributed by atoms with Crippen LogP contribution in [0.4, 0.5) is 0 Å². The summed E-state index contributed by atoms with van der Waals surface area (Å²) in [6.07, 6.45) is 9.22. The number of carbonyl (C=O) groups excluding carboxylic acids is 2. The molecule has 2 amide bonds. The van der Waals surface area contributed by atoms with Crippen molar-refractivity contribution in [2.45, 2.75) is 65.3 Å². The van der Waals surface area contributed by atoms with Gasteiger partial charge in [0.25, 0.3) is 5.91 Å². The van der Waals surface area contributed by atoms with E-state index in [0.29, 0.717) is 39.1 Å². The van der Waals surface area contributed by atoms with Gasteiger partial charge in [-0.15, -0.1) is 11.3 Å². The Morgan fingerprint density at radius 3 is 2.47 bits per heavy atom. The van der Waals surface area contributed by atoms with Crippen molar-refractivity contribution in [3.8, 4) is 10.8 Å². The number of aryl methyl sites for hydroxylation is 2. The molecule has 5 rings (SSSR count). The number of para-hydroxylation sites is 1. The molecule has 1 saturated heterocycles. The zero-order valence-electron chi connectivity index (χ0n) is 22.8. The number of hydrogen-bond acceptors (Lipinski definition) is 4. The number of hydrogen-bond donors (Lipinski definition) is 0. The normalized spacial score (nSPS) is 18.6. The Morgan fingerprint density at radius 1 is 1.00 bits per heavy atom. The van der Waals surface area contributed by atoms with E-state index >= 15 is 0 Å². The molecule has 2 aliphatic heterocycles. The minimum absolute atomic E-state index is 0.0687. The lowest BCUT2D eigenvalue weighted by molar-refractivity contribution is -0.148. The molecular formula is C31H39N3O3S. The highest BCUT2D eigenvalue weighted by Crippen LogP contribution is 2.40. The SMILES string of the molecule is Cc1cc(C(=O)N2CCC3(CCCCc4ccccc4OCCN(C(C)C)C3=O)CC2)c(-n2cccc2)s1. The molecule has 2 aliphatic rings. The molecule has 1 spiro atoms. The standard InChI is InChI=1S/C31H39N3O3S/c1-23(2)34-20-21-37-27-12-5-4-10-25(27)11-6-7-13-31(30(34)36)14-18-32(19-15-31)28(35)26-22-24(3)38-29(26)33-16-8-9-17-33/h4-5,8-10,12,16-17,22-23H,6-7,11,13-15,18-21H2,1-3H3. The van der Waals surface area contributed by atoms with Crippen molar-refractivity contribution < 1.29 is 14.3 Å². The lowest BCUT2D eigenvalue weighted by atomic mass is 9.72. The lowest BCUT2D eigenvalue weighted by Crippen LogP contribution is -2.53. The number of nitrogens with zero attached hydrogens (tertiary/aromatic N) is 3. The first kappa shape index (κ1) is 26.5. The largest absolute Gasteiger partial charge is 0.491 e. The van der Waals surface area contributed by atoms with Gasteiger partial charge >= 0.3 is 0 Å². The van der Waals surface area contributed by atoms with Gasteiger partial charge in [0.1, 0.15) is 17.4 Å². The number of thiophene rings is 1. The number of likely N-dealkylation sites (tertiary alicyclic amines) is 1. The van der Waals surface area contributed by atoms with Crippen LogP contribution in [0, 0.1) is 12.3 Å². The van der Waals surface area contributed by atoms with Crippen LogP contribution >= 0.6 is 11.3 Å². The second-order valence-electron chi connectivity index (χ2n) is 11.0. The van der Waals surface area contributed by atoms with Crippen LogP contribution in [0.1, 0.15) is 66.8 Å². The topological polar surface area (TPSA) is 54.8 Å². The fraction of sp³-hybridized carbons (Fsp3) is 0.484. The molecule has 0 aliphatic carbocycles. The summed E-state index contributed by atoms with van der Waals surface area (Å²) in [5.74, 6) is 1.24. The van der Waals surface area contributed by atoms with E-state index in [4.69, 9.17) is 4.74 Å². The van der Waals surface area contributed by atoms with Gasteiger partial charge in [-0.3, -0.25) is 9.59 Å². The van der Waals surface area contributed by atoms with Gasteiger partial charge in [0.15, 0.2) is 0 Å². The van der Waals surface area contributed by atoms with E-state index in [1.165, 1.54) is 5.56 Å². The van der Waals surface area contributed by atoms with E-state index in [2.05, 4.69) is 26.0 Å². The van der Waals surface area contributed by atoms with Crippen LogP contribution < -0.4 is 4.74 Å². The Balaban J connectivity index is 1.34. The van der Waals surface area contributed by atoms with Crippen LogP contribution in [0.3, 0.4) is 0 Å². The Hall–Kier alpha value is -3.06. The van der Waals surface area contributed by atoms with Crippen LogP contribution in [-0.4, -0.2) is 58.5 Å². The first-order valence-electron chi connectivity index (χ1n) is 13.9. The summed E-state index contributed by atoms with van der Waals surface area (Å²) in [6, 6.07) is 14.3. The molecule has 2 aromatic heterocycles. The summed E-state index contributed by atoms with van der Waals surface area (Å²) >= 11 is 1.64. The van der Waals surface area contributed by atoms with Crippen molar-refractivity contribution in [3.63, 3.8) is 0 Å². The van der Waals surface area contributed by atoms with Crippen molar-refractivity contribution in [2.24, 2.45) is 5.41 Å². The van der Waals surface area contributed by atoms with Crippen LogP contribution in [0.15, 0.2) is 54.9 Å². The van der Waals surface area contributed by atoms with Gasteiger partial charge in [-0.2, -0.15) is 0 Å². The number of aromatic nitrogens is 1. The molecule has 0 atom stereocenters. The third-order valence-electron chi connectivity index (χ3n) is 8.16. The summed E-state index contributed by atoms with van der Waals surface area (Å²) in [5.41, 5.74) is 1.58. The Kier molecular flexibility index (Phi) is 7.93. The molecule has 0 bridgehead atoms. The summed E-state index contributed by atoms with van der Waals surface area (Å²) in [5, 5.41) is 0.964. The third kappa shape index (κ3) is 5.39. The molecule has 7 heteroatoms. The number of amides is 2. The summed E-state index contributed by atoms with van der Waals surface area (Å²) in [7, 11) is 0. The fourth-order valence-corrected chi connectivity index (χ4v) is 6.94. The van der Waals surface area contributed by atoms with Gasteiger partial charge in [0.05, 0.1) is 17.5 Å². The third-order valence-corrected chi connectivity index (χ3v) is 9.23. The van der Waals surface area contributed by atoms with Gasteiger partial charge in [-0.25, -0.2) is 0 Å². The molecular weight excluding hydrogens is 494 g/mol. The molecule has 6 nitrogen and oxygen atoms in total. The van der Waals surface area contributed by atoms with E-state index in [0.717, 1.165) is 46.9 Å². The van der Waals surface area contributed by atoms with Gasteiger partial charge in [-0.1, -0.05) is 24.6 Å². The van der Waals surface area contributed by atoms with E-state index in [1.54, 1.807) is 11.3 Å². The molecule has 38 heavy (non-hydrogen) atoms. The van der Waals surface area contributed by atoms with E-state index < -0.39 is 5.41 Å². The first-order valence-corrected chi connectivity index (χ1v) is 14.7. The predicted octanol–water partition coefficient (Wildman–Crippen LogP) is 6.11. The van der Waals surface area contributed by atoms with Gasteiger partial charge in [-0.05, 0) is 82.7 Å². The van der Waals surface area contributed by atoms with Crippen molar-refractivity contribution in [1.82, 2.24) is 14.4 Å². The van der Waals surface area contributed by atoms with Crippen LogP contribution in [0.2, 0.25) is 0 Å². The number of benzene rings is 1. The average Bonchev–Trinajstić information content (AvgIpc) is 3.58. The smallest absolute Gasteiger partial charge is 0.256 e. The number of piperidine rings is 1. The van der Waals surface area contributed by atoms with Crippen molar-refractivity contribution in [1.29, 1.82) is 0 Å². The molecule has 202 valence electrons. The van der Waals surface area contributed by atoms with Crippen molar-refractivity contribution in [3.05, 3.63) is 70.9 Å². The Labute approximate surface area is 230 Å². The van der Waals surface area contributed by atoms with E-state index in [-0.39, 0.29) is 17.9 Å². The zero-order valence-corrected chi connectivity index (χ0v) is 23.6. The molecule has 1 aromatic carbocycles. The zero-order chi connectivity index (χ0) is 26.7. The second kappa shape index (κ2) is 11.4. The number of fused-ring (bicyclic) bond motifs is 1. The molecule has 0 saturated carbocycles. The van der Waals surface area contributed by atoms with Crippen LogP contribution in [0.5, 0.6) is 5.75 Å². The maximum atomic E-state index is 14.1. The van der Waals surface area contributed by atoms with Crippen LogP contribution in [-0.2, 0) is 11.2 Å². The minimum atomic E-state index is -0.423. The molecule has 1 fully saturated rings. The maximum absolute atomic E-state index is 14.1. The molecule has 0 N–H and O–H groups in total. The maximum Gasteiger partial charge on any atom is 0.256 e. The predicted molar refractivity (Wildman–Crippen MR) is 152 cm³/mol. The van der Waals surface area contributed by atoms with Gasteiger partial charge < -0.3 is 19.1 Å². The Bertz CT molecular complexity index is 1260. The molecule has 3 aromatic rings. The Morgan fingerprint density at radius 2 is 1.74 bits per heavy atom. The monoisotopic (exact) mass is 533 g/mol. The van der Waals surface area contributed by atoms with Gasteiger partial charge in [0.2, 0.25) is 5.91 Å². The van der Waals surface area contributed by atoms with E-state index in [1.807, 2.05) is 64.0 Å². The van der Waals surface area contributed by atoms with Gasteiger partial charge in [0, 0.05) is 36.4 Å². The minimum Gasteiger partial charge on any atom is -0.491 e. The number of carbonyl (C=O) groups is 2. The quantitative estimate of drug-likeness (QED) is 0.408. The number of ether oxygens (including phenoxy) is 1. The highest BCUT2D eigenvalue weighted by Gasteiger charge is 2.44. The molecule has 0 unspecified atom stereocenters. The number of rotatable bonds is 3. The van der Waals surface area contributed by atoms with E-state index in [9.17, 15) is 9.59 Å². The molecule has 4 heterocycles. The lowest BCUT2D eigenvalue weighted by Gasteiger charge is -2.44. The average molecular weight is 534 g/mol. The van der Waals surface area contributed by atoms with Crippen molar-refractivity contribution >= 4 is 23.2 Å².